The van der Waals surface area contributed by atoms with E-state index >= 15 is 0 Å². The van der Waals surface area contributed by atoms with Crippen LogP contribution in [0.5, 0.6) is 0 Å². The maximum absolute atomic E-state index is 14.4. The summed E-state index contributed by atoms with van der Waals surface area (Å²) in [6, 6.07) is 0. The number of aliphatic hydroxyl groups excluding tert-OH is 3. The summed E-state index contributed by atoms with van der Waals surface area (Å²) in [5, 5.41) is 42.8. The number of carbonyl (C=O) groups excluding carboxylic acids is 2. The average Bonchev–Trinajstić information content (AvgIpc) is 3.32. The predicted molar refractivity (Wildman–Crippen MR) is 170 cm³/mol. The molecule has 0 amide bonds. The fraction of sp³-hybridized carbons (Fsp3) is 0.714. The Morgan fingerprint density at radius 3 is 2.33 bits per heavy atom. The van der Waals surface area contributed by atoms with Gasteiger partial charge >= 0.3 is 5.97 Å². The zero-order valence-corrected chi connectivity index (χ0v) is 27.9. The molecule has 10 unspecified atom stereocenters. The van der Waals surface area contributed by atoms with Gasteiger partial charge in [0.15, 0.2) is 5.78 Å². The third-order valence-corrected chi connectivity index (χ3v) is 12.0. The first-order valence-electron chi connectivity index (χ1n) is 16.8. The van der Waals surface area contributed by atoms with Crippen molar-refractivity contribution < 1.29 is 39.9 Å². The van der Waals surface area contributed by atoms with Gasteiger partial charge in [-0.25, -0.2) is 9.78 Å². The molecule has 0 saturated heterocycles. The minimum Gasteiger partial charge on any atom is -0.459 e. The molecule has 11 heteroatoms. The zero-order valence-electron chi connectivity index (χ0n) is 27.9. The Kier molecular flexibility index (Phi) is 11.2. The van der Waals surface area contributed by atoms with Gasteiger partial charge in [-0.2, -0.15) is 0 Å². The summed E-state index contributed by atoms with van der Waals surface area (Å²) in [6.07, 6.45) is 10.2. The lowest BCUT2D eigenvalue weighted by Crippen LogP contribution is -2.60. The standard InChI is InChI=1S/C32H42N2O6.C2H6.CH4O3/c1-16-9-19(40-30(39)23(16)15-35)11-18-5-6-24-21-12-20-17(2)10-22(26-13-34-27(36)14-33-26)29(38)32(4,28(20)37)25(21)7-8-31(18,24)3;1-2;2-1(3)4/h10,13-14,17-21,24-25,28,35,37H,5-9,11-12,15H2,1-4H3,(H,34,36);1-2H3;1-4H. The van der Waals surface area contributed by atoms with Crippen LogP contribution < -0.4 is 5.56 Å². The van der Waals surface area contributed by atoms with Gasteiger partial charge in [0.25, 0.3) is 12.0 Å². The summed E-state index contributed by atoms with van der Waals surface area (Å²) in [6.45, 7) is 9.95. The van der Waals surface area contributed by atoms with E-state index in [1.807, 2.05) is 33.8 Å². The molecule has 10 atom stereocenters. The van der Waals surface area contributed by atoms with E-state index in [0.717, 1.165) is 44.1 Å². The number of hydrogen-bond acceptors (Lipinski definition) is 10. The Hall–Kier alpha value is -2.70. The van der Waals surface area contributed by atoms with Crippen LogP contribution in [0.25, 0.3) is 5.57 Å². The van der Waals surface area contributed by atoms with Crippen molar-refractivity contribution in [2.75, 3.05) is 6.61 Å². The molecule has 2 heterocycles. The lowest BCUT2D eigenvalue weighted by Gasteiger charge is -2.59. The van der Waals surface area contributed by atoms with Crippen LogP contribution in [-0.4, -0.2) is 72.5 Å². The number of carbonyl (C=O) groups is 2. The van der Waals surface area contributed by atoms with Gasteiger partial charge in [-0.05, 0) is 93.3 Å². The normalized spacial score (nSPS) is 38.3. The highest BCUT2D eigenvalue weighted by atomic mass is 16.6. The predicted octanol–water partition coefficient (Wildman–Crippen LogP) is 3.11. The maximum atomic E-state index is 14.4. The van der Waals surface area contributed by atoms with Crippen molar-refractivity contribution in [3.63, 3.8) is 0 Å². The summed E-state index contributed by atoms with van der Waals surface area (Å²) in [7, 11) is 0. The van der Waals surface area contributed by atoms with Gasteiger partial charge in [-0.15, -0.1) is 0 Å². The second-order valence-electron chi connectivity index (χ2n) is 14.1. The Morgan fingerprint density at radius 1 is 1.07 bits per heavy atom. The molecule has 1 aromatic rings. The van der Waals surface area contributed by atoms with Crippen LogP contribution >= 0.6 is 0 Å². The van der Waals surface area contributed by atoms with E-state index in [2.05, 4.69) is 23.8 Å². The molecule has 11 nitrogen and oxygen atoms in total. The fourth-order valence-corrected chi connectivity index (χ4v) is 9.76. The molecular weight excluding hydrogens is 592 g/mol. The minimum absolute atomic E-state index is 0.00651. The quantitative estimate of drug-likeness (QED) is 0.210. The van der Waals surface area contributed by atoms with Crippen LogP contribution in [0, 0.1) is 46.3 Å². The number of ether oxygens (including phenoxy) is 1. The highest BCUT2D eigenvalue weighted by molar-refractivity contribution is 6.23. The third-order valence-electron chi connectivity index (χ3n) is 12.0. The number of rotatable bonds is 4. The second-order valence-corrected chi connectivity index (χ2v) is 14.1. The Labute approximate surface area is 270 Å². The fourth-order valence-electron chi connectivity index (χ4n) is 9.76. The number of fused-ring (bicyclic) bond motifs is 6. The first kappa shape index (κ1) is 36.1. The van der Waals surface area contributed by atoms with Gasteiger partial charge < -0.3 is 35.3 Å². The number of aromatic amines is 1. The summed E-state index contributed by atoms with van der Waals surface area (Å²) < 4.78 is 5.78. The number of H-pyrrole nitrogens is 1. The van der Waals surface area contributed by atoms with Gasteiger partial charge in [0.1, 0.15) is 6.10 Å². The second kappa shape index (κ2) is 14.2. The summed E-state index contributed by atoms with van der Waals surface area (Å²) in [4.78, 5) is 45.4. The molecule has 1 aliphatic heterocycles. The molecule has 0 aromatic carbocycles. The molecule has 3 fully saturated rings. The molecule has 0 radical (unpaired) electrons. The van der Waals surface area contributed by atoms with Crippen molar-refractivity contribution in [2.24, 2.45) is 46.3 Å². The maximum Gasteiger partial charge on any atom is 0.336 e. The number of allylic oxidation sites excluding steroid dienone is 2. The monoisotopic (exact) mass is 644 g/mol. The number of aliphatic hydroxyl groups is 5. The highest BCUT2D eigenvalue weighted by Crippen LogP contribution is 2.67. The Morgan fingerprint density at radius 2 is 1.74 bits per heavy atom. The minimum atomic E-state index is -2.17. The van der Waals surface area contributed by atoms with E-state index in [9.17, 15) is 24.6 Å². The number of nitrogens with one attached hydrogen (secondary N) is 1. The average molecular weight is 645 g/mol. The molecule has 4 aliphatic carbocycles. The van der Waals surface area contributed by atoms with Crippen molar-refractivity contribution in [2.45, 2.75) is 105 Å². The number of esters is 1. The third kappa shape index (κ3) is 6.41. The first-order chi connectivity index (χ1) is 21.7. The van der Waals surface area contributed by atoms with E-state index in [0.29, 0.717) is 41.0 Å². The molecule has 6 rings (SSSR count). The molecule has 1 aromatic heterocycles. The number of ketones is 1. The number of hydrogen-bond donors (Lipinski definition) is 6. The van der Waals surface area contributed by atoms with Gasteiger partial charge in [0, 0.05) is 18.2 Å². The molecule has 46 heavy (non-hydrogen) atoms. The van der Waals surface area contributed by atoms with Crippen LogP contribution in [0.2, 0.25) is 0 Å². The van der Waals surface area contributed by atoms with Crippen molar-refractivity contribution in [1.82, 2.24) is 9.97 Å². The van der Waals surface area contributed by atoms with Crippen LogP contribution in [-0.2, 0) is 14.3 Å². The number of aromatic nitrogens is 2. The number of nitrogens with zero attached hydrogens (tertiary/aromatic N) is 1. The van der Waals surface area contributed by atoms with Gasteiger partial charge in [0.2, 0.25) is 0 Å². The molecule has 3 saturated carbocycles. The number of Topliss-reactive ketones (excluding diaryl/α,β-unsaturated/α-hetero) is 1. The molecule has 0 spiro atoms. The van der Waals surface area contributed by atoms with Crippen LogP contribution in [0.3, 0.4) is 0 Å². The summed E-state index contributed by atoms with van der Waals surface area (Å²) in [5.74, 6) is 0.805. The van der Waals surface area contributed by atoms with Crippen molar-refractivity contribution in [3.8, 4) is 0 Å². The molecule has 2 bridgehead atoms. The van der Waals surface area contributed by atoms with Crippen molar-refractivity contribution >= 4 is 17.3 Å². The summed E-state index contributed by atoms with van der Waals surface area (Å²) >= 11 is 0. The van der Waals surface area contributed by atoms with Gasteiger partial charge in [-0.3, -0.25) is 9.59 Å². The van der Waals surface area contributed by atoms with Crippen molar-refractivity contribution in [3.05, 3.63) is 45.7 Å². The van der Waals surface area contributed by atoms with Crippen LogP contribution in [0.15, 0.2) is 34.4 Å². The van der Waals surface area contributed by atoms with Gasteiger partial charge in [0.05, 0.1) is 35.6 Å². The first-order valence-corrected chi connectivity index (χ1v) is 16.8. The van der Waals surface area contributed by atoms with E-state index in [-0.39, 0.29) is 53.2 Å². The lowest BCUT2D eigenvalue weighted by molar-refractivity contribution is -0.198. The Balaban J connectivity index is 0.000000744. The van der Waals surface area contributed by atoms with Crippen molar-refractivity contribution in [1.29, 1.82) is 0 Å². The van der Waals surface area contributed by atoms with Crippen LogP contribution in [0.4, 0.5) is 0 Å². The molecule has 5 aliphatic rings. The molecule has 6 N–H and O–H groups in total. The SMILES string of the molecule is CC.CC1=C(CO)C(=O)OC(CC2CCC3C4CC5C(C)C=C(c6c[nH]c(=O)cn6)C(=O)C(C)(C5O)C4CCC23C)C1.OC(O)O. The summed E-state index contributed by atoms with van der Waals surface area (Å²) in [5.41, 5.74) is 1.16. The molecular formula is C35H52N2O9. The van der Waals surface area contributed by atoms with Crippen LogP contribution in [0.1, 0.15) is 92.2 Å². The number of cyclic esters (lactones) is 1. The highest BCUT2D eigenvalue weighted by Gasteiger charge is 2.65. The van der Waals surface area contributed by atoms with E-state index in [4.69, 9.17) is 20.1 Å². The lowest BCUT2D eigenvalue weighted by atomic mass is 9.45. The Bertz CT molecular complexity index is 1380. The van der Waals surface area contributed by atoms with E-state index in [1.54, 1.807) is 0 Å². The zero-order chi connectivity index (χ0) is 34.1. The van der Waals surface area contributed by atoms with Gasteiger partial charge in [-0.1, -0.05) is 39.3 Å². The smallest absolute Gasteiger partial charge is 0.336 e. The van der Waals surface area contributed by atoms with E-state index < -0.39 is 18.0 Å². The van der Waals surface area contributed by atoms with E-state index in [1.165, 1.54) is 12.4 Å². The topological polar surface area (TPSA) is 190 Å². The molecule has 256 valence electrons. The largest absolute Gasteiger partial charge is 0.459 e.